The smallest absolute Gasteiger partial charge is 0.334 e. The summed E-state index contributed by atoms with van der Waals surface area (Å²) in [5.74, 6) is -6.79. The Morgan fingerprint density at radius 3 is 1.60 bits per heavy atom. The molecule has 2 heterocycles. The molecule has 3 fully saturated rings. The molecule has 6 atom stereocenters. The number of imide groups is 2. The van der Waals surface area contributed by atoms with Crippen LogP contribution < -0.4 is 19.3 Å². The quantitative estimate of drug-likeness (QED) is 0.268. The van der Waals surface area contributed by atoms with Crippen molar-refractivity contribution in [3.05, 3.63) is 59.7 Å². The molecular formula is C31H29BrN2O8. The Hall–Kier alpha value is -3.99. The molecule has 3 aliphatic carbocycles. The number of hydrogen-bond acceptors (Lipinski definition) is 8. The molecule has 2 bridgehead atoms. The molecule has 218 valence electrons. The molecule has 2 aromatic rings. The van der Waals surface area contributed by atoms with E-state index in [1.54, 1.807) is 69.3 Å². The van der Waals surface area contributed by atoms with Crippen LogP contribution in [0.2, 0.25) is 0 Å². The Bertz CT molecular complexity index is 1520. The lowest BCUT2D eigenvalue weighted by molar-refractivity contribution is -0.152. The van der Waals surface area contributed by atoms with E-state index in [0.29, 0.717) is 17.1 Å². The number of anilines is 2. The van der Waals surface area contributed by atoms with Gasteiger partial charge in [0.25, 0.3) is 0 Å². The Balaban J connectivity index is 1.60. The van der Waals surface area contributed by atoms with Crippen molar-refractivity contribution in [2.45, 2.75) is 25.1 Å². The molecule has 5 aliphatic rings. The summed E-state index contributed by atoms with van der Waals surface area (Å²) in [6.07, 6.45) is 0. The highest BCUT2D eigenvalue weighted by molar-refractivity contribution is 9.10. The molecule has 0 N–H and O–H groups in total. The van der Waals surface area contributed by atoms with E-state index in [1.165, 1.54) is 14.2 Å². The first-order valence-electron chi connectivity index (χ1n) is 13.6. The minimum atomic E-state index is -1.55. The second kappa shape index (κ2) is 9.52. The minimum Gasteiger partial charge on any atom is -0.495 e. The first kappa shape index (κ1) is 28.1. The van der Waals surface area contributed by atoms with E-state index in [4.69, 9.17) is 14.2 Å². The zero-order valence-electron chi connectivity index (χ0n) is 23.7. The van der Waals surface area contributed by atoms with Gasteiger partial charge in [0.15, 0.2) is 0 Å². The van der Waals surface area contributed by atoms with Crippen LogP contribution in [-0.2, 0) is 28.7 Å². The van der Waals surface area contributed by atoms with E-state index in [0.717, 1.165) is 9.80 Å². The lowest BCUT2D eigenvalue weighted by Crippen LogP contribution is -2.67. The van der Waals surface area contributed by atoms with Crippen molar-refractivity contribution in [2.24, 2.45) is 29.1 Å². The average molecular weight is 637 g/mol. The summed E-state index contributed by atoms with van der Waals surface area (Å²) >= 11 is 3.78. The van der Waals surface area contributed by atoms with Gasteiger partial charge in [0.2, 0.25) is 23.6 Å². The molecule has 4 amide bonds. The molecule has 2 saturated heterocycles. The maximum absolute atomic E-state index is 14.4. The number of allylic oxidation sites excluding steroid dienone is 1. The molecule has 1 saturated carbocycles. The molecule has 0 aromatic heterocycles. The number of ether oxygens (including phenoxy) is 3. The second-order valence-corrected chi connectivity index (χ2v) is 12.4. The predicted molar refractivity (Wildman–Crippen MR) is 154 cm³/mol. The zero-order chi connectivity index (χ0) is 30.3. The van der Waals surface area contributed by atoms with E-state index < -0.39 is 63.0 Å². The van der Waals surface area contributed by atoms with Gasteiger partial charge in [-0.25, -0.2) is 14.6 Å². The van der Waals surface area contributed by atoms with Crippen LogP contribution in [0.15, 0.2) is 59.7 Å². The minimum absolute atomic E-state index is 0.0591. The molecule has 10 nitrogen and oxygen atoms in total. The highest BCUT2D eigenvalue weighted by Crippen LogP contribution is 2.73. The summed E-state index contributed by atoms with van der Waals surface area (Å²) in [7, 11) is 2.87. The third kappa shape index (κ3) is 3.22. The Morgan fingerprint density at radius 1 is 0.786 bits per heavy atom. The highest BCUT2D eigenvalue weighted by Gasteiger charge is 2.81. The lowest BCUT2D eigenvalue weighted by atomic mass is 9.43. The number of methoxy groups -OCH3 is 2. The predicted octanol–water partition coefficient (Wildman–Crippen LogP) is 3.66. The standard InChI is InChI=1S/C31H29BrN2O8/c1-6-42-29(39)20-15(2)31(32)23-21(25(35)33(27(23)37)16-11-7-9-13-18(16)40-4)30(20,3)22-24(31)28(38)34(26(22)36)17-12-8-10-14-19(17)41-5/h7-14,21-24H,6H2,1-5H3/t21-,22+,23-,24-,30?,31?/m1/s1. The van der Waals surface area contributed by atoms with Gasteiger partial charge >= 0.3 is 5.97 Å². The maximum atomic E-state index is 14.4. The second-order valence-electron chi connectivity index (χ2n) is 11.0. The van der Waals surface area contributed by atoms with Crippen molar-refractivity contribution in [2.75, 3.05) is 30.6 Å². The highest BCUT2D eigenvalue weighted by atomic mass is 79.9. The van der Waals surface area contributed by atoms with Crippen molar-refractivity contribution in [1.82, 2.24) is 0 Å². The van der Waals surface area contributed by atoms with Gasteiger partial charge in [-0.3, -0.25) is 19.2 Å². The SMILES string of the molecule is CCOC(=O)C1=C(C)C2(Br)[C@H]3C(=O)N(c4ccccc4OC)C(=O)[C@H]3C1(C)[C@H]1C(=O)N(c3ccccc3OC)C(=O)[C@@H]12. The van der Waals surface area contributed by atoms with Crippen LogP contribution in [0, 0.1) is 29.1 Å². The molecule has 42 heavy (non-hydrogen) atoms. The number of para-hydroxylation sites is 4. The summed E-state index contributed by atoms with van der Waals surface area (Å²) in [5.41, 5.74) is -0.518. The Labute approximate surface area is 250 Å². The third-order valence-electron chi connectivity index (χ3n) is 9.43. The van der Waals surface area contributed by atoms with Crippen LogP contribution in [0.1, 0.15) is 20.8 Å². The van der Waals surface area contributed by atoms with E-state index in [1.807, 2.05) is 0 Å². The number of amides is 4. The largest absolute Gasteiger partial charge is 0.495 e. The number of halogens is 1. The van der Waals surface area contributed by atoms with Crippen LogP contribution in [0.4, 0.5) is 11.4 Å². The number of esters is 1. The summed E-state index contributed by atoms with van der Waals surface area (Å²) in [5, 5.41) is 0. The van der Waals surface area contributed by atoms with Gasteiger partial charge in [-0.05, 0) is 43.7 Å². The van der Waals surface area contributed by atoms with Gasteiger partial charge in [0.05, 0.1) is 60.2 Å². The number of benzene rings is 2. The van der Waals surface area contributed by atoms with Gasteiger partial charge < -0.3 is 14.2 Å². The van der Waals surface area contributed by atoms with Gasteiger partial charge in [-0.15, -0.1) is 0 Å². The monoisotopic (exact) mass is 636 g/mol. The van der Waals surface area contributed by atoms with E-state index in [9.17, 15) is 24.0 Å². The number of carbonyl (C=O) groups is 5. The van der Waals surface area contributed by atoms with E-state index >= 15 is 0 Å². The molecule has 2 unspecified atom stereocenters. The van der Waals surface area contributed by atoms with Gasteiger partial charge in [-0.2, -0.15) is 0 Å². The Kier molecular flexibility index (Phi) is 6.38. The Morgan fingerprint density at radius 2 is 1.19 bits per heavy atom. The van der Waals surface area contributed by atoms with Crippen molar-refractivity contribution in [3.8, 4) is 11.5 Å². The summed E-state index contributed by atoms with van der Waals surface area (Å²) in [6.45, 7) is 5.02. The average Bonchev–Trinajstić information content (AvgIpc) is 3.41. The fraction of sp³-hybridized carbons (Fsp3) is 0.387. The lowest BCUT2D eigenvalue weighted by Gasteiger charge is -2.59. The van der Waals surface area contributed by atoms with Gasteiger partial charge in [-0.1, -0.05) is 47.1 Å². The molecule has 2 aliphatic heterocycles. The van der Waals surface area contributed by atoms with Crippen molar-refractivity contribution < 1.29 is 38.2 Å². The topological polar surface area (TPSA) is 120 Å². The normalized spacial score (nSPS) is 31.5. The molecular weight excluding hydrogens is 608 g/mol. The number of alkyl halides is 1. The molecule has 0 radical (unpaired) electrons. The van der Waals surface area contributed by atoms with Crippen molar-refractivity contribution in [1.29, 1.82) is 0 Å². The van der Waals surface area contributed by atoms with Crippen LogP contribution in [0.25, 0.3) is 0 Å². The molecule has 0 spiro atoms. The molecule has 7 rings (SSSR count). The first-order valence-corrected chi connectivity index (χ1v) is 14.4. The van der Waals surface area contributed by atoms with Crippen LogP contribution in [-0.4, -0.2) is 54.7 Å². The third-order valence-corrected chi connectivity index (χ3v) is 11.0. The van der Waals surface area contributed by atoms with Crippen LogP contribution >= 0.6 is 15.9 Å². The number of hydrogen-bond donors (Lipinski definition) is 0. The van der Waals surface area contributed by atoms with Crippen molar-refractivity contribution >= 4 is 56.9 Å². The van der Waals surface area contributed by atoms with E-state index in [-0.39, 0.29) is 23.6 Å². The molecule has 2 aromatic carbocycles. The molecule has 11 heteroatoms. The summed E-state index contributed by atoms with van der Waals surface area (Å²) < 4.78 is 14.9. The van der Waals surface area contributed by atoms with Crippen LogP contribution in [0.3, 0.4) is 0 Å². The van der Waals surface area contributed by atoms with Gasteiger partial charge in [0.1, 0.15) is 11.5 Å². The first-order chi connectivity index (χ1) is 20.0. The summed E-state index contributed by atoms with van der Waals surface area (Å²) in [6, 6.07) is 13.3. The number of nitrogens with zero attached hydrogens (tertiary/aromatic N) is 2. The fourth-order valence-electron chi connectivity index (χ4n) is 7.83. The van der Waals surface area contributed by atoms with Crippen LogP contribution in [0.5, 0.6) is 11.5 Å². The number of carbonyl (C=O) groups excluding carboxylic acids is 5. The number of rotatable bonds is 6. The maximum Gasteiger partial charge on any atom is 0.334 e. The van der Waals surface area contributed by atoms with Gasteiger partial charge in [0, 0.05) is 11.0 Å². The van der Waals surface area contributed by atoms with E-state index in [2.05, 4.69) is 15.9 Å². The fourth-order valence-corrected chi connectivity index (χ4v) is 8.95. The zero-order valence-corrected chi connectivity index (χ0v) is 25.3. The summed E-state index contributed by atoms with van der Waals surface area (Å²) in [4.78, 5) is 73.4. The van der Waals surface area contributed by atoms with Crippen molar-refractivity contribution in [3.63, 3.8) is 0 Å².